The van der Waals surface area contributed by atoms with Crippen molar-refractivity contribution in [2.75, 3.05) is 6.54 Å². The van der Waals surface area contributed by atoms with Gasteiger partial charge in [-0.05, 0) is 44.1 Å². The van der Waals surface area contributed by atoms with Crippen molar-refractivity contribution in [3.63, 3.8) is 0 Å². The Hall–Kier alpha value is -3.22. The summed E-state index contributed by atoms with van der Waals surface area (Å²) in [7, 11) is 0. The second-order valence-corrected chi connectivity index (χ2v) is 14.0. The highest BCUT2D eigenvalue weighted by Gasteiger charge is 2.33. The Kier molecular flexibility index (Phi) is 25.8. The van der Waals surface area contributed by atoms with Gasteiger partial charge < -0.3 is 38.5 Å². The molecule has 0 heterocycles. The van der Waals surface area contributed by atoms with Gasteiger partial charge in [-0.15, -0.1) is 0 Å². The minimum absolute atomic E-state index is 0.206. The Morgan fingerprint density at radius 1 is 0.531 bits per heavy atom. The van der Waals surface area contributed by atoms with Crippen LogP contribution in [-0.2, 0) is 28.8 Å². The van der Waals surface area contributed by atoms with E-state index < -0.39 is 66.0 Å². The van der Waals surface area contributed by atoms with Gasteiger partial charge in [0.25, 0.3) is 0 Å². The summed E-state index contributed by atoms with van der Waals surface area (Å²) in [6.07, 6.45) is 16.7. The van der Waals surface area contributed by atoms with Gasteiger partial charge in [0.1, 0.15) is 24.2 Å². The summed E-state index contributed by atoms with van der Waals surface area (Å²) in [5.41, 5.74) is 16.4. The van der Waals surface area contributed by atoms with Crippen LogP contribution in [-0.4, -0.2) is 66.2 Å². The minimum Gasteiger partial charge on any atom is -0.370 e. The first kappa shape index (κ1) is 45.8. The van der Waals surface area contributed by atoms with Crippen LogP contribution in [0.2, 0.25) is 0 Å². The van der Waals surface area contributed by atoms with Crippen molar-refractivity contribution < 1.29 is 28.8 Å². The zero-order valence-corrected chi connectivity index (χ0v) is 31.1. The van der Waals surface area contributed by atoms with Crippen molar-refractivity contribution in [1.82, 2.24) is 21.3 Å². The lowest BCUT2D eigenvalue weighted by molar-refractivity contribution is -0.136. The van der Waals surface area contributed by atoms with E-state index in [4.69, 9.17) is 17.2 Å². The zero-order valence-electron chi connectivity index (χ0n) is 31.1. The Bertz CT molecular complexity index is 991. The van der Waals surface area contributed by atoms with Gasteiger partial charge in [-0.2, -0.15) is 0 Å². The Morgan fingerprint density at radius 2 is 0.980 bits per heavy atom. The monoisotopic (exact) mass is 696 g/mol. The number of nitrogens with one attached hydrogen (secondary N) is 4. The molecular formula is C36H69N7O6. The number of primary amides is 2. The summed E-state index contributed by atoms with van der Waals surface area (Å²) >= 11 is 0. The van der Waals surface area contributed by atoms with Crippen molar-refractivity contribution in [2.45, 2.75) is 174 Å². The van der Waals surface area contributed by atoms with E-state index in [1.165, 1.54) is 57.8 Å². The lowest BCUT2D eigenvalue weighted by atomic mass is 9.98. The molecule has 0 aromatic rings. The molecule has 49 heavy (non-hydrogen) atoms. The molecule has 0 aromatic heterocycles. The highest BCUT2D eigenvalue weighted by molar-refractivity contribution is 5.96. The van der Waals surface area contributed by atoms with Crippen molar-refractivity contribution >= 4 is 35.4 Å². The van der Waals surface area contributed by atoms with Crippen LogP contribution in [0.4, 0.5) is 0 Å². The van der Waals surface area contributed by atoms with Crippen molar-refractivity contribution in [3.8, 4) is 0 Å². The number of hydrogen-bond donors (Lipinski definition) is 7. The summed E-state index contributed by atoms with van der Waals surface area (Å²) in [6.45, 7) is 9.56. The van der Waals surface area contributed by atoms with Crippen LogP contribution in [0, 0.1) is 11.8 Å². The second kappa shape index (κ2) is 27.6. The Balaban J connectivity index is 5.02. The molecule has 0 fully saturated rings. The average molecular weight is 696 g/mol. The molecule has 0 bridgehead atoms. The summed E-state index contributed by atoms with van der Waals surface area (Å²) in [4.78, 5) is 76.2. The summed E-state index contributed by atoms with van der Waals surface area (Å²) in [5, 5.41) is 10.5. The van der Waals surface area contributed by atoms with Gasteiger partial charge in [0, 0.05) is 6.42 Å². The largest absolute Gasteiger partial charge is 0.370 e. The molecule has 0 spiro atoms. The number of hydrogen-bond acceptors (Lipinski definition) is 7. The number of unbranched alkanes of at least 4 members (excludes halogenated alkanes) is 13. The molecule has 0 aromatic carbocycles. The fourth-order valence-electron chi connectivity index (χ4n) is 5.59. The van der Waals surface area contributed by atoms with Gasteiger partial charge in [-0.1, -0.05) is 112 Å². The average Bonchev–Trinajstić information content (AvgIpc) is 3.02. The Morgan fingerprint density at radius 3 is 1.41 bits per heavy atom. The maximum absolute atomic E-state index is 13.4. The van der Waals surface area contributed by atoms with Crippen LogP contribution in [0.25, 0.3) is 0 Å². The molecule has 0 aliphatic heterocycles. The third kappa shape index (κ3) is 22.2. The number of rotatable bonds is 30. The van der Waals surface area contributed by atoms with Gasteiger partial charge in [0.15, 0.2) is 0 Å². The molecule has 6 amide bonds. The fraction of sp³-hybridized carbons (Fsp3) is 0.833. The van der Waals surface area contributed by atoms with Gasteiger partial charge in [0.2, 0.25) is 35.4 Å². The predicted octanol–water partition coefficient (Wildman–Crippen LogP) is 3.21. The summed E-state index contributed by atoms with van der Waals surface area (Å²) < 4.78 is 0. The van der Waals surface area contributed by atoms with E-state index in [1.807, 2.05) is 0 Å². The molecule has 0 unspecified atom stereocenters. The third-order valence-corrected chi connectivity index (χ3v) is 8.67. The second-order valence-electron chi connectivity index (χ2n) is 14.0. The highest BCUT2D eigenvalue weighted by Crippen LogP contribution is 2.14. The number of carbonyl (C=O) groups is 6. The summed E-state index contributed by atoms with van der Waals surface area (Å²) in [6, 6.07) is -4.29. The topological polar surface area (TPSA) is 229 Å². The molecular weight excluding hydrogens is 626 g/mol. The van der Waals surface area contributed by atoms with Gasteiger partial charge in [0.05, 0.1) is 6.42 Å². The van der Waals surface area contributed by atoms with Crippen molar-refractivity contribution in [2.24, 2.45) is 29.0 Å². The standard InChI is InChI=1S/C36H69N7O6/c1-6-7-8-9-10-11-12-13-14-15-16-17-18-22-30(45)40-28(24-29(38)44)34(47)42-32(26(4)5)36(49)43-31(25(2)3)35(48)41-27(33(39)46)21-19-20-23-37/h25-28,31-32H,6-24,37H2,1-5H3,(H2,38,44)(H2,39,46)(H,40,45)(H,41,48)(H,42,47)(H,43,49)/t27-,28-,31-,32-/m1/s1. The third-order valence-electron chi connectivity index (χ3n) is 8.67. The summed E-state index contributed by atoms with van der Waals surface area (Å²) in [5.74, 6) is -4.56. The van der Waals surface area contributed by atoms with Crippen molar-refractivity contribution in [1.29, 1.82) is 0 Å². The molecule has 0 saturated heterocycles. The van der Waals surface area contributed by atoms with E-state index in [1.54, 1.807) is 27.7 Å². The zero-order chi connectivity index (χ0) is 37.2. The van der Waals surface area contributed by atoms with E-state index in [2.05, 4.69) is 28.2 Å². The molecule has 0 radical (unpaired) electrons. The molecule has 0 rings (SSSR count). The normalized spacial score (nSPS) is 13.7. The van der Waals surface area contributed by atoms with Crippen LogP contribution in [0.15, 0.2) is 0 Å². The predicted molar refractivity (Wildman–Crippen MR) is 194 cm³/mol. The minimum atomic E-state index is -1.25. The molecule has 0 saturated carbocycles. The van der Waals surface area contributed by atoms with E-state index >= 15 is 0 Å². The van der Waals surface area contributed by atoms with E-state index in [0.29, 0.717) is 32.2 Å². The smallest absolute Gasteiger partial charge is 0.243 e. The molecule has 13 nitrogen and oxygen atoms in total. The number of amides is 6. The van der Waals surface area contributed by atoms with Crippen LogP contribution >= 0.6 is 0 Å². The SMILES string of the molecule is CCCCCCCCCCCCCCCC(=O)N[C@H](CC(N)=O)C(=O)N[C@@H](C(=O)N[C@@H](C(=O)N[C@H](CCCCN)C(N)=O)C(C)C)C(C)C. The molecule has 4 atom stereocenters. The lowest BCUT2D eigenvalue weighted by Gasteiger charge is -2.29. The van der Waals surface area contributed by atoms with E-state index in [-0.39, 0.29) is 18.2 Å². The number of nitrogens with two attached hydrogens (primary N) is 3. The van der Waals surface area contributed by atoms with E-state index in [9.17, 15) is 28.8 Å². The maximum Gasteiger partial charge on any atom is 0.243 e. The first-order valence-electron chi connectivity index (χ1n) is 18.7. The van der Waals surface area contributed by atoms with Gasteiger partial charge in [-0.25, -0.2) is 0 Å². The fourth-order valence-corrected chi connectivity index (χ4v) is 5.59. The first-order chi connectivity index (χ1) is 23.2. The first-order valence-corrected chi connectivity index (χ1v) is 18.7. The lowest BCUT2D eigenvalue weighted by Crippen LogP contribution is -2.60. The molecule has 0 aliphatic carbocycles. The van der Waals surface area contributed by atoms with E-state index in [0.717, 1.165) is 19.3 Å². The van der Waals surface area contributed by atoms with Gasteiger partial charge >= 0.3 is 0 Å². The maximum atomic E-state index is 13.4. The Labute approximate surface area is 295 Å². The van der Waals surface area contributed by atoms with Gasteiger partial charge in [-0.3, -0.25) is 28.8 Å². The highest BCUT2D eigenvalue weighted by atomic mass is 16.2. The van der Waals surface area contributed by atoms with Crippen LogP contribution in [0.3, 0.4) is 0 Å². The molecule has 10 N–H and O–H groups in total. The quantitative estimate of drug-likeness (QED) is 0.0555. The molecule has 0 aliphatic rings. The van der Waals surface area contributed by atoms with Crippen LogP contribution in [0.5, 0.6) is 0 Å². The van der Waals surface area contributed by atoms with Crippen LogP contribution < -0.4 is 38.5 Å². The van der Waals surface area contributed by atoms with Crippen LogP contribution in [0.1, 0.15) is 150 Å². The molecule has 13 heteroatoms. The molecule has 284 valence electrons. The van der Waals surface area contributed by atoms with Crippen molar-refractivity contribution in [3.05, 3.63) is 0 Å². The number of carbonyl (C=O) groups excluding carboxylic acids is 6.